The Hall–Kier alpha value is -2.90. The zero-order valence-corrected chi connectivity index (χ0v) is 25.0. The normalized spacial score (nSPS) is 23.6. The maximum Gasteiger partial charge on any atom is 0.341 e. The molecule has 8 heteroatoms. The topological polar surface area (TPSA) is 105 Å². The van der Waals surface area contributed by atoms with Gasteiger partial charge in [0.2, 0.25) is 0 Å². The minimum Gasteiger partial charge on any atom is -0.469 e. The van der Waals surface area contributed by atoms with E-state index < -0.39 is 11.4 Å². The highest BCUT2D eigenvalue weighted by atomic mass is 16.6. The first-order valence-corrected chi connectivity index (χ1v) is 14.5. The molecule has 2 fully saturated rings. The number of methoxy groups -OCH3 is 1. The van der Waals surface area contributed by atoms with E-state index in [9.17, 15) is 19.2 Å². The molecule has 0 amide bonds. The Morgan fingerprint density at radius 2 is 1.43 bits per heavy atom. The molecule has 222 valence electrons. The molecule has 0 N–H and O–H groups in total. The van der Waals surface area contributed by atoms with Crippen LogP contribution in [0.4, 0.5) is 0 Å². The van der Waals surface area contributed by atoms with Crippen molar-refractivity contribution in [1.82, 2.24) is 0 Å². The fourth-order valence-corrected chi connectivity index (χ4v) is 6.33. The molecule has 3 rings (SSSR count). The van der Waals surface area contributed by atoms with Gasteiger partial charge < -0.3 is 18.9 Å². The predicted octanol–water partition coefficient (Wildman–Crippen LogP) is 6.29. The smallest absolute Gasteiger partial charge is 0.341 e. The quantitative estimate of drug-likeness (QED) is 0.187. The van der Waals surface area contributed by atoms with Crippen molar-refractivity contribution in [3.05, 3.63) is 29.8 Å². The largest absolute Gasteiger partial charge is 0.469 e. The van der Waals surface area contributed by atoms with E-state index in [2.05, 4.69) is 13.8 Å². The van der Waals surface area contributed by atoms with Gasteiger partial charge in [-0.3, -0.25) is 14.4 Å². The zero-order valence-electron chi connectivity index (χ0n) is 25.0. The molecule has 0 atom stereocenters. The summed E-state index contributed by atoms with van der Waals surface area (Å²) >= 11 is 0. The summed E-state index contributed by atoms with van der Waals surface area (Å²) < 4.78 is 21.4. The van der Waals surface area contributed by atoms with Crippen molar-refractivity contribution < 1.29 is 38.1 Å². The maximum atomic E-state index is 13.1. The van der Waals surface area contributed by atoms with Crippen LogP contribution in [0, 0.1) is 28.6 Å². The zero-order chi connectivity index (χ0) is 29.5. The lowest BCUT2D eigenvalue weighted by Gasteiger charge is -2.46. The molecule has 0 bridgehead atoms. The third kappa shape index (κ3) is 8.55. The van der Waals surface area contributed by atoms with Crippen LogP contribution in [-0.4, -0.2) is 43.7 Å². The van der Waals surface area contributed by atoms with Crippen LogP contribution in [0.25, 0.3) is 0 Å². The molecule has 0 unspecified atom stereocenters. The van der Waals surface area contributed by atoms with Gasteiger partial charge in [0.1, 0.15) is 17.4 Å². The fraction of sp³-hybridized carbons (Fsp3) is 0.688. The van der Waals surface area contributed by atoms with Gasteiger partial charge in [-0.15, -0.1) is 0 Å². The first-order valence-electron chi connectivity index (χ1n) is 14.5. The second-order valence-corrected chi connectivity index (χ2v) is 12.9. The van der Waals surface area contributed by atoms with Crippen molar-refractivity contribution in [1.29, 1.82) is 0 Å². The average Bonchev–Trinajstić information content (AvgIpc) is 2.92. The van der Waals surface area contributed by atoms with E-state index in [1.165, 1.54) is 14.0 Å². The van der Waals surface area contributed by atoms with E-state index in [1.807, 2.05) is 13.8 Å². The van der Waals surface area contributed by atoms with Crippen LogP contribution in [-0.2, 0) is 28.6 Å². The lowest BCUT2D eigenvalue weighted by Crippen LogP contribution is -2.39. The number of carbonyl (C=O) groups is 4. The van der Waals surface area contributed by atoms with Crippen molar-refractivity contribution in [3.8, 4) is 5.75 Å². The molecule has 1 aromatic rings. The maximum absolute atomic E-state index is 13.1. The molecular formula is C32H46O8. The van der Waals surface area contributed by atoms with E-state index in [4.69, 9.17) is 18.9 Å². The van der Waals surface area contributed by atoms with Gasteiger partial charge in [0.15, 0.2) is 0 Å². The molecule has 0 heterocycles. The van der Waals surface area contributed by atoms with Crippen LogP contribution in [0.2, 0.25) is 0 Å². The van der Waals surface area contributed by atoms with Crippen LogP contribution in [0.3, 0.4) is 0 Å². The third-order valence-corrected chi connectivity index (χ3v) is 8.93. The van der Waals surface area contributed by atoms with E-state index in [1.54, 1.807) is 24.3 Å². The van der Waals surface area contributed by atoms with E-state index in [0.717, 1.165) is 51.4 Å². The monoisotopic (exact) mass is 558 g/mol. The number of rotatable bonds is 10. The lowest BCUT2D eigenvalue weighted by atomic mass is 9.60. The van der Waals surface area contributed by atoms with Crippen molar-refractivity contribution in [2.24, 2.45) is 28.6 Å². The molecule has 0 saturated heterocycles. The summed E-state index contributed by atoms with van der Waals surface area (Å²) in [6.45, 7) is 9.82. The molecule has 2 saturated carbocycles. The standard InChI is InChI=1S/C32H46O8/c1-21(33)39-25-17-15-24(16-18-25)32(4,5)23-13-11-22(12-14-23)29(35)40-27-10-8-7-9-26(27)30(36)38-20-31(2,3)19-28(34)37-6/h7-10,22-25H,11-20H2,1-6H3. The van der Waals surface area contributed by atoms with Gasteiger partial charge in [-0.25, -0.2) is 4.79 Å². The predicted molar refractivity (Wildman–Crippen MR) is 150 cm³/mol. The van der Waals surface area contributed by atoms with Crippen molar-refractivity contribution in [3.63, 3.8) is 0 Å². The first-order chi connectivity index (χ1) is 18.8. The highest BCUT2D eigenvalue weighted by Gasteiger charge is 2.42. The Kier molecular flexibility index (Phi) is 10.8. The second kappa shape index (κ2) is 13.6. The first kappa shape index (κ1) is 31.6. The van der Waals surface area contributed by atoms with E-state index in [0.29, 0.717) is 11.8 Å². The van der Waals surface area contributed by atoms with Crippen LogP contribution in [0.15, 0.2) is 24.3 Å². The molecule has 0 radical (unpaired) electrons. The summed E-state index contributed by atoms with van der Waals surface area (Å²) in [6, 6.07) is 6.60. The van der Waals surface area contributed by atoms with Gasteiger partial charge in [0.05, 0.1) is 26.1 Å². The Bertz CT molecular complexity index is 1040. The Labute approximate surface area is 238 Å². The number of carbonyl (C=O) groups excluding carboxylic acids is 4. The van der Waals surface area contributed by atoms with Crippen LogP contribution in [0.5, 0.6) is 5.75 Å². The molecule has 2 aliphatic carbocycles. The highest BCUT2D eigenvalue weighted by molar-refractivity contribution is 5.93. The Morgan fingerprint density at radius 3 is 2.00 bits per heavy atom. The van der Waals surface area contributed by atoms with Crippen LogP contribution < -0.4 is 4.74 Å². The van der Waals surface area contributed by atoms with Gasteiger partial charge in [-0.2, -0.15) is 0 Å². The second-order valence-electron chi connectivity index (χ2n) is 12.9. The molecule has 8 nitrogen and oxygen atoms in total. The average molecular weight is 559 g/mol. The molecular weight excluding hydrogens is 512 g/mol. The molecule has 0 spiro atoms. The lowest BCUT2D eigenvalue weighted by molar-refractivity contribution is -0.149. The van der Waals surface area contributed by atoms with Crippen molar-refractivity contribution >= 4 is 23.9 Å². The van der Waals surface area contributed by atoms with Gasteiger partial charge in [-0.05, 0) is 80.8 Å². The molecule has 40 heavy (non-hydrogen) atoms. The number of ether oxygens (including phenoxy) is 4. The fourth-order valence-electron chi connectivity index (χ4n) is 6.33. The third-order valence-electron chi connectivity index (χ3n) is 8.93. The van der Waals surface area contributed by atoms with Crippen LogP contribution >= 0.6 is 0 Å². The molecule has 0 aliphatic heterocycles. The number of hydrogen-bond acceptors (Lipinski definition) is 8. The summed E-state index contributed by atoms with van der Waals surface area (Å²) in [6.07, 6.45) is 7.52. The molecule has 2 aliphatic rings. The van der Waals surface area contributed by atoms with Crippen molar-refractivity contribution in [2.45, 2.75) is 98.5 Å². The van der Waals surface area contributed by atoms with Gasteiger partial charge in [-0.1, -0.05) is 39.8 Å². The number of hydrogen-bond donors (Lipinski definition) is 0. The van der Waals surface area contributed by atoms with E-state index >= 15 is 0 Å². The number of benzene rings is 1. The summed E-state index contributed by atoms with van der Waals surface area (Å²) in [5, 5.41) is 0. The summed E-state index contributed by atoms with van der Waals surface area (Å²) in [5.41, 5.74) is -0.264. The Morgan fingerprint density at radius 1 is 0.850 bits per heavy atom. The van der Waals surface area contributed by atoms with Gasteiger partial charge >= 0.3 is 23.9 Å². The minimum absolute atomic E-state index is 0.0222. The number of para-hydroxylation sites is 1. The summed E-state index contributed by atoms with van der Waals surface area (Å²) in [5.74, 6) is -0.428. The highest BCUT2D eigenvalue weighted by Crippen LogP contribution is 2.49. The minimum atomic E-state index is -0.602. The van der Waals surface area contributed by atoms with Crippen molar-refractivity contribution in [2.75, 3.05) is 13.7 Å². The molecule has 0 aromatic heterocycles. The van der Waals surface area contributed by atoms with Crippen LogP contribution in [0.1, 0.15) is 103 Å². The van der Waals surface area contributed by atoms with E-state index in [-0.39, 0.29) is 59.7 Å². The summed E-state index contributed by atoms with van der Waals surface area (Å²) in [7, 11) is 1.32. The van der Waals surface area contributed by atoms with Gasteiger partial charge in [0.25, 0.3) is 0 Å². The van der Waals surface area contributed by atoms with Gasteiger partial charge in [0, 0.05) is 12.3 Å². The Balaban J connectivity index is 1.52. The molecule has 1 aromatic carbocycles. The number of esters is 4. The SMILES string of the molecule is COC(=O)CC(C)(C)COC(=O)c1ccccc1OC(=O)C1CCC(C(C)(C)C2CCC(OC(C)=O)CC2)CC1. The summed E-state index contributed by atoms with van der Waals surface area (Å²) in [4.78, 5) is 48.9.